The monoisotopic (exact) mass is 342 g/mol. The standard InChI is InChI=1S/C17H22N6O2/c24-16(8-13-4-2-1-3-5-13)20-10-17(25)22-14-6-7-15(19-9-14)23-12-18-11-21-23/h6-7,9,11-13H,1-5,8,10H2,(H,20,24)(H,22,25). The molecule has 1 fully saturated rings. The highest BCUT2D eigenvalue weighted by Gasteiger charge is 2.17. The highest BCUT2D eigenvalue weighted by atomic mass is 16.2. The summed E-state index contributed by atoms with van der Waals surface area (Å²) in [6, 6.07) is 3.46. The molecule has 0 aromatic carbocycles. The van der Waals surface area contributed by atoms with Crippen LogP contribution in [0.3, 0.4) is 0 Å². The third kappa shape index (κ3) is 5.10. The molecule has 0 spiro atoms. The predicted octanol–water partition coefficient (Wildman–Crippen LogP) is 1.69. The van der Waals surface area contributed by atoms with Crippen LogP contribution in [-0.4, -0.2) is 38.1 Å². The Hall–Kier alpha value is -2.77. The molecular weight excluding hydrogens is 320 g/mol. The van der Waals surface area contributed by atoms with Crippen molar-refractivity contribution >= 4 is 17.5 Å². The zero-order valence-corrected chi connectivity index (χ0v) is 14.0. The summed E-state index contributed by atoms with van der Waals surface area (Å²) in [6.45, 7) is -0.0314. The van der Waals surface area contributed by atoms with Gasteiger partial charge in [0.2, 0.25) is 11.8 Å². The van der Waals surface area contributed by atoms with Crippen LogP contribution >= 0.6 is 0 Å². The molecule has 0 radical (unpaired) electrons. The first-order valence-corrected chi connectivity index (χ1v) is 8.58. The first kappa shape index (κ1) is 17.1. The minimum atomic E-state index is -0.271. The lowest BCUT2D eigenvalue weighted by Crippen LogP contribution is -2.34. The van der Waals surface area contributed by atoms with Gasteiger partial charge >= 0.3 is 0 Å². The molecule has 0 bridgehead atoms. The Labute approximate surface area is 146 Å². The molecule has 2 aromatic heterocycles. The van der Waals surface area contributed by atoms with Crippen LogP contribution in [0.25, 0.3) is 5.82 Å². The third-order valence-corrected chi connectivity index (χ3v) is 4.33. The number of rotatable bonds is 6. The second-order valence-electron chi connectivity index (χ2n) is 6.28. The summed E-state index contributed by atoms with van der Waals surface area (Å²) >= 11 is 0. The molecule has 0 unspecified atom stereocenters. The molecule has 25 heavy (non-hydrogen) atoms. The average Bonchev–Trinajstić information content (AvgIpc) is 3.16. The number of nitrogens with one attached hydrogen (secondary N) is 2. The number of pyridine rings is 1. The number of carbonyl (C=O) groups is 2. The Morgan fingerprint density at radius 3 is 2.68 bits per heavy atom. The number of anilines is 1. The van der Waals surface area contributed by atoms with Gasteiger partial charge in [-0.3, -0.25) is 9.59 Å². The fraction of sp³-hybridized carbons (Fsp3) is 0.471. The fourth-order valence-electron chi connectivity index (χ4n) is 3.03. The van der Waals surface area contributed by atoms with Gasteiger partial charge < -0.3 is 10.6 Å². The van der Waals surface area contributed by atoms with E-state index in [1.54, 1.807) is 24.7 Å². The fourth-order valence-corrected chi connectivity index (χ4v) is 3.03. The highest BCUT2D eigenvalue weighted by Crippen LogP contribution is 2.25. The molecule has 8 nitrogen and oxygen atoms in total. The zero-order valence-electron chi connectivity index (χ0n) is 14.0. The average molecular weight is 342 g/mol. The van der Waals surface area contributed by atoms with Gasteiger partial charge in [-0.2, -0.15) is 5.10 Å². The summed E-state index contributed by atoms with van der Waals surface area (Å²) in [6.07, 6.45) is 10.9. The maximum atomic E-state index is 11.9. The molecule has 3 rings (SSSR count). The Kier molecular flexibility index (Phi) is 5.71. The van der Waals surface area contributed by atoms with E-state index in [0.717, 1.165) is 12.8 Å². The van der Waals surface area contributed by atoms with Crippen LogP contribution in [0.5, 0.6) is 0 Å². The van der Waals surface area contributed by atoms with E-state index in [9.17, 15) is 9.59 Å². The van der Waals surface area contributed by atoms with Crippen molar-refractivity contribution in [3.8, 4) is 5.82 Å². The SMILES string of the molecule is O=C(CC1CCCCC1)NCC(=O)Nc1ccc(-n2cncn2)nc1. The van der Waals surface area contributed by atoms with E-state index in [4.69, 9.17) is 0 Å². The summed E-state index contributed by atoms with van der Waals surface area (Å²) in [5.41, 5.74) is 0.565. The third-order valence-electron chi connectivity index (χ3n) is 4.33. The highest BCUT2D eigenvalue weighted by molar-refractivity contribution is 5.94. The van der Waals surface area contributed by atoms with E-state index in [1.165, 1.54) is 30.3 Å². The predicted molar refractivity (Wildman–Crippen MR) is 92.0 cm³/mol. The zero-order chi connectivity index (χ0) is 17.5. The van der Waals surface area contributed by atoms with Crippen LogP contribution in [0.1, 0.15) is 38.5 Å². The molecule has 132 valence electrons. The van der Waals surface area contributed by atoms with Gasteiger partial charge in [0, 0.05) is 6.42 Å². The number of hydrogen-bond acceptors (Lipinski definition) is 5. The largest absolute Gasteiger partial charge is 0.347 e. The van der Waals surface area contributed by atoms with E-state index in [1.807, 2.05) is 0 Å². The molecule has 1 aliphatic rings. The molecule has 0 aliphatic heterocycles. The normalized spacial score (nSPS) is 14.9. The molecule has 8 heteroatoms. The van der Waals surface area contributed by atoms with Crippen molar-refractivity contribution in [1.82, 2.24) is 25.1 Å². The summed E-state index contributed by atoms with van der Waals surface area (Å²) < 4.78 is 1.52. The molecule has 0 atom stereocenters. The number of hydrogen-bond donors (Lipinski definition) is 2. The topological polar surface area (TPSA) is 102 Å². The van der Waals surface area contributed by atoms with Crippen LogP contribution in [0, 0.1) is 5.92 Å². The molecule has 2 N–H and O–H groups in total. The molecule has 2 aromatic rings. The van der Waals surface area contributed by atoms with Crippen molar-refractivity contribution in [2.75, 3.05) is 11.9 Å². The molecule has 0 saturated heterocycles. The Balaban J connectivity index is 1.42. The Bertz CT molecular complexity index is 692. The van der Waals surface area contributed by atoms with Crippen molar-refractivity contribution in [2.45, 2.75) is 38.5 Å². The number of aromatic nitrogens is 4. The van der Waals surface area contributed by atoms with Crippen molar-refractivity contribution in [2.24, 2.45) is 5.92 Å². The van der Waals surface area contributed by atoms with Gasteiger partial charge in [0.15, 0.2) is 5.82 Å². The maximum Gasteiger partial charge on any atom is 0.243 e. The molecule has 2 heterocycles. The lowest BCUT2D eigenvalue weighted by Gasteiger charge is -2.20. The minimum absolute atomic E-state index is 0.0314. The van der Waals surface area contributed by atoms with E-state index >= 15 is 0 Å². The lowest BCUT2D eigenvalue weighted by atomic mass is 9.87. The van der Waals surface area contributed by atoms with Gasteiger partial charge in [0.1, 0.15) is 12.7 Å². The molecule has 2 amide bonds. The number of amides is 2. The minimum Gasteiger partial charge on any atom is -0.347 e. The maximum absolute atomic E-state index is 11.9. The summed E-state index contributed by atoms with van der Waals surface area (Å²) in [5, 5.41) is 9.38. The van der Waals surface area contributed by atoms with Crippen molar-refractivity contribution in [3.05, 3.63) is 31.0 Å². The quantitative estimate of drug-likeness (QED) is 0.832. The van der Waals surface area contributed by atoms with Gasteiger partial charge in [0.25, 0.3) is 0 Å². The second-order valence-corrected chi connectivity index (χ2v) is 6.28. The van der Waals surface area contributed by atoms with Gasteiger partial charge in [-0.1, -0.05) is 19.3 Å². The Morgan fingerprint density at radius 1 is 1.16 bits per heavy atom. The Morgan fingerprint density at radius 2 is 2.00 bits per heavy atom. The first-order chi connectivity index (χ1) is 12.2. The van der Waals surface area contributed by atoms with Gasteiger partial charge in [-0.25, -0.2) is 14.6 Å². The number of nitrogens with zero attached hydrogens (tertiary/aromatic N) is 4. The first-order valence-electron chi connectivity index (χ1n) is 8.58. The van der Waals surface area contributed by atoms with Crippen molar-refractivity contribution in [1.29, 1.82) is 0 Å². The van der Waals surface area contributed by atoms with Gasteiger partial charge in [0.05, 0.1) is 18.4 Å². The van der Waals surface area contributed by atoms with Crippen LogP contribution in [0.15, 0.2) is 31.0 Å². The smallest absolute Gasteiger partial charge is 0.243 e. The van der Waals surface area contributed by atoms with E-state index < -0.39 is 0 Å². The lowest BCUT2D eigenvalue weighted by molar-refractivity contribution is -0.125. The van der Waals surface area contributed by atoms with Crippen LogP contribution in [0.2, 0.25) is 0 Å². The molecule has 1 saturated carbocycles. The van der Waals surface area contributed by atoms with E-state index in [0.29, 0.717) is 23.8 Å². The van der Waals surface area contributed by atoms with Gasteiger partial charge in [-0.15, -0.1) is 0 Å². The summed E-state index contributed by atoms with van der Waals surface area (Å²) in [5.74, 6) is 0.746. The van der Waals surface area contributed by atoms with Crippen molar-refractivity contribution < 1.29 is 9.59 Å². The van der Waals surface area contributed by atoms with Crippen LogP contribution in [0.4, 0.5) is 5.69 Å². The van der Waals surface area contributed by atoms with Crippen LogP contribution < -0.4 is 10.6 Å². The summed E-state index contributed by atoms with van der Waals surface area (Å²) in [4.78, 5) is 31.9. The molecular formula is C17H22N6O2. The van der Waals surface area contributed by atoms with Crippen LogP contribution in [-0.2, 0) is 9.59 Å². The van der Waals surface area contributed by atoms with Crippen molar-refractivity contribution in [3.63, 3.8) is 0 Å². The van der Waals surface area contributed by atoms with E-state index in [2.05, 4.69) is 25.7 Å². The summed E-state index contributed by atoms with van der Waals surface area (Å²) in [7, 11) is 0. The number of carbonyl (C=O) groups excluding carboxylic acids is 2. The van der Waals surface area contributed by atoms with E-state index in [-0.39, 0.29) is 18.4 Å². The molecule has 1 aliphatic carbocycles. The second kappa shape index (κ2) is 8.36. The van der Waals surface area contributed by atoms with Gasteiger partial charge in [-0.05, 0) is 30.9 Å².